The predicted octanol–water partition coefficient (Wildman–Crippen LogP) is -0.212. The van der Waals surface area contributed by atoms with Gasteiger partial charge in [-0.15, -0.1) is 5.10 Å². The van der Waals surface area contributed by atoms with Gasteiger partial charge >= 0.3 is 0 Å². The van der Waals surface area contributed by atoms with Crippen LogP contribution in [0.25, 0.3) is 0 Å². The highest BCUT2D eigenvalue weighted by molar-refractivity contribution is 7.99. The molecule has 0 saturated heterocycles. The van der Waals surface area contributed by atoms with E-state index in [1.807, 2.05) is 0 Å². The van der Waals surface area contributed by atoms with E-state index < -0.39 is 0 Å². The third-order valence-corrected chi connectivity index (χ3v) is 3.01. The number of hydrogen-bond acceptors (Lipinski definition) is 8. The van der Waals surface area contributed by atoms with Crippen LogP contribution in [-0.2, 0) is 14.1 Å². The smallest absolute Gasteiger partial charge is 0.215 e. The minimum absolute atomic E-state index is 0.0875. The van der Waals surface area contributed by atoms with Crippen LogP contribution in [0.5, 0.6) is 0 Å². The molecule has 9 nitrogen and oxygen atoms in total. The fraction of sp³-hybridized carbons (Fsp3) is 0.333. The quantitative estimate of drug-likeness (QED) is 0.736. The summed E-state index contributed by atoms with van der Waals surface area (Å²) in [6.07, 6.45) is 1.42. The topological polar surface area (TPSA) is 108 Å². The second-order valence-corrected chi connectivity index (χ2v) is 3.90. The Bertz CT molecular complexity index is 493. The monoisotopic (exact) mass is 242 g/mol. The molecule has 1 N–H and O–H groups in total. The molecule has 16 heavy (non-hydrogen) atoms. The fourth-order valence-corrected chi connectivity index (χ4v) is 1.88. The van der Waals surface area contributed by atoms with Crippen LogP contribution in [0.3, 0.4) is 0 Å². The molecule has 0 fully saturated rings. The largest absolute Gasteiger partial charge is 0.732 e. The summed E-state index contributed by atoms with van der Waals surface area (Å²) in [5.74, 6) is -0.0875. The molecule has 0 saturated carbocycles. The van der Waals surface area contributed by atoms with Crippen LogP contribution >= 0.6 is 11.8 Å². The molecule has 0 bridgehead atoms. The Morgan fingerprint density at radius 3 is 2.81 bits per heavy atom. The summed E-state index contributed by atoms with van der Waals surface area (Å²) in [4.78, 5) is 3.75. The maximum atomic E-state index is 10.8. The highest BCUT2D eigenvalue weighted by Crippen LogP contribution is 2.31. The van der Waals surface area contributed by atoms with E-state index in [0.29, 0.717) is 10.2 Å². The van der Waals surface area contributed by atoms with Crippen LogP contribution in [0.15, 0.2) is 16.5 Å². The van der Waals surface area contributed by atoms with Crippen LogP contribution in [0, 0.1) is 5.21 Å². The van der Waals surface area contributed by atoms with Crippen molar-refractivity contribution in [3.05, 3.63) is 11.5 Å². The molecular weight excluding hydrogens is 234 g/mol. The zero-order valence-corrected chi connectivity index (χ0v) is 9.29. The molecule has 2 heterocycles. The molecule has 0 aliphatic heterocycles. The first-order chi connectivity index (χ1) is 7.59. The van der Waals surface area contributed by atoms with Crippen molar-refractivity contribution in [1.82, 2.24) is 29.8 Å². The molecule has 2 aromatic rings. The Hall–Kier alpha value is -1.65. The molecule has 0 unspecified atom stereocenters. The van der Waals surface area contributed by atoms with E-state index in [0.717, 1.165) is 11.8 Å². The summed E-state index contributed by atoms with van der Waals surface area (Å²) in [5, 5.41) is 31.2. The Kier molecular flexibility index (Phi) is 2.77. The third-order valence-electron chi connectivity index (χ3n) is 1.82. The van der Waals surface area contributed by atoms with Gasteiger partial charge in [0.25, 0.3) is 0 Å². The van der Waals surface area contributed by atoms with Crippen molar-refractivity contribution in [3.63, 3.8) is 0 Å². The number of aromatic nitrogens is 6. The summed E-state index contributed by atoms with van der Waals surface area (Å²) in [7, 11) is 3.37. The van der Waals surface area contributed by atoms with E-state index in [9.17, 15) is 5.21 Å². The number of aryl methyl sites for hydroxylation is 2. The summed E-state index contributed by atoms with van der Waals surface area (Å²) < 4.78 is 3.05. The lowest BCUT2D eigenvalue weighted by Gasteiger charge is -2.19. The van der Waals surface area contributed by atoms with E-state index in [-0.39, 0.29) is 11.0 Å². The first-order valence-electron chi connectivity index (χ1n) is 4.17. The van der Waals surface area contributed by atoms with Gasteiger partial charge in [-0.25, -0.2) is 9.67 Å². The van der Waals surface area contributed by atoms with Crippen LogP contribution in [0.2, 0.25) is 0 Å². The van der Waals surface area contributed by atoms with E-state index in [2.05, 4.69) is 20.5 Å². The number of hydrogen-bond donors (Lipinski definition) is 1. The lowest BCUT2D eigenvalue weighted by atomic mass is 10.8. The zero-order chi connectivity index (χ0) is 11.7. The van der Waals surface area contributed by atoms with Gasteiger partial charge in [0, 0.05) is 14.1 Å². The van der Waals surface area contributed by atoms with Gasteiger partial charge in [-0.05, 0) is 22.2 Å². The second-order valence-electron chi connectivity index (χ2n) is 2.94. The SMILES string of the molecule is Cn1cnc(N([O-])O)c1Sc1nnnn1C. The van der Waals surface area contributed by atoms with Gasteiger partial charge in [-0.3, -0.25) is 5.21 Å². The summed E-state index contributed by atoms with van der Waals surface area (Å²) in [6.45, 7) is 0. The van der Waals surface area contributed by atoms with Crippen molar-refractivity contribution >= 4 is 17.6 Å². The number of nitrogens with zero attached hydrogens (tertiary/aromatic N) is 7. The highest BCUT2D eigenvalue weighted by atomic mass is 32.2. The molecule has 0 amide bonds. The molecule has 0 atom stereocenters. The van der Waals surface area contributed by atoms with Crippen molar-refractivity contribution in [2.45, 2.75) is 10.2 Å². The van der Waals surface area contributed by atoms with Crippen molar-refractivity contribution in [2.75, 3.05) is 5.23 Å². The number of anilines is 1. The van der Waals surface area contributed by atoms with Gasteiger partial charge in [0.2, 0.25) is 5.16 Å². The van der Waals surface area contributed by atoms with E-state index in [4.69, 9.17) is 5.21 Å². The lowest BCUT2D eigenvalue weighted by Crippen LogP contribution is -2.09. The minimum Gasteiger partial charge on any atom is -0.732 e. The maximum Gasteiger partial charge on any atom is 0.215 e. The van der Waals surface area contributed by atoms with Crippen LogP contribution in [-0.4, -0.2) is 35.0 Å². The molecule has 0 radical (unpaired) electrons. The van der Waals surface area contributed by atoms with Crippen LogP contribution in [0.1, 0.15) is 0 Å². The molecule has 86 valence electrons. The molecule has 0 aliphatic carbocycles. The first-order valence-corrected chi connectivity index (χ1v) is 4.99. The molecule has 2 aromatic heterocycles. The maximum absolute atomic E-state index is 10.8. The first kappa shape index (κ1) is 10.9. The van der Waals surface area contributed by atoms with Gasteiger partial charge in [0.05, 0.1) is 6.33 Å². The van der Waals surface area contributed by atoms with E-state index in [1.165, 1.54) is 11.0 Å². The van der Waals surface area contributed by atoms with Gasteiger partial charge in [-0.1, -0.05) is 0 Å². The summed E-state index contributed by atoms with van der Waals surface area (Å²) in [6, 6.07) is 0. The number of imidazole rings is 1. The lowest BCUT2D eigenvalue weighted by molar-refractivity contribution is 0.291. The standard InChI is InChI=1S/C6H8N7O2S/c1-11-3-7-4(13(14)15)5(11)16-6-8-9-10-12(6)2/h3,14H,1-2H3/q-1. The van der Waals surface area contributed by atoms with Gasteiger partial charge < -0.3 is 15.0 Å². The van der Waals surface area contributed by atoms with Crippen LogP contribution < -0.4 is 5.23 Å². The summed E-state index contributed by atoms with van der Waals surface area (Å²) in [5.41, 5.74) is 0. The molecule has 0 aliphatic rings. The highest BCUT2D eigenvalue weighted by Gasteiger charge is 2.14. The van der Waals surface area contributed by atoms with Crippen molar-refractivity contribution in [3.8, 4) is 0 Å². The van der Waals surface area contributed by atoms with Gasteiger partial charge in [0.15, 0.2) is 5.82 Å². The van der Waals surface area contributed by atoms with Gasteiger partial charge in [0.1, 0.15) is 5.03 Å². The number of rotatable bonds is 3. The van der Waals surface area contributed by atoms with E-state index >= 15 is 0 Å². The molecular formula is C6H8N7O2S-. The Morgan fingerprint density at radius 1 is 1.50 bits per heavy atom. The van der Waals surface area contributed by atoms with Crippen molar-refractivity contribution in [2.24, 2.45) is 14.1 Å². The fourth-order valence-electron chi connectivity index (χ4n) is 1.05. The number of tetrazole rings is 1. The zero-order valence-electron chi connectivity index (χ0n) is 8.47. The van der Waals surface area contributed by atoms with Crippen molar-refractivity contribution in [1.29, 1.82) is 0 Å². The van der Waals surface area contributed by atoms with Crippen LogP contribution in [0.4, 0.5) is 5.82 Å². The van der Waals surface area contributed by atoms with Crippen molar-refractivity contribution < 1.29 is 5.21 Å². The Morgan fingerprint density at radius 2 is 2.25 bits per heavy atom. The van der Waals surface area contributed by atoms with E-state index in [1.54, 1.807) is 18.7 Å². The minimum atomic E-state index is -0.286. The Balaban J connectivity index is 2.34. The average Bonchev–Trinajstić information content (AvgIpc) is 2.76. The average molecular weight is 242 g/mol. The normalized spacial score (nSPS) is 10.8. The molecule has 10 heteroatoms. The predicted molar refractivity (Wildman–Crippen MR) is 53.8 cm³/mol. The molecule has 2 rings (SSSR count). The Labute approximate surface area is 94.2 Å². The summed E-state index contributed by atoms with van der Waals surface area (Å²) >= 11 is 1.13. The second kappa shape index (κ2) is 4.08. The molecule has 0 spiro atoms. The molecule has 0 aromatic carbocycles. The van der Waals surface area contributed by atoms with Gasteiger partial charge in [-0.2, -0.15) is 0 Å². The third kappa shape index (κ3) is 1.85.